The van der Waals surface area contributed by atoms with E-state index in [0.29, 0.717) is 18.8 Å². The Labute approximate surface area is 146 Å². The molecule has 0 unspecified atom stereocenters. The van der Waals surface area contributed by atoms with Gasteiger partial charge in [0.2, 0.25) is 5.91 Å². The first kappa shape index (κ1) is 16.8. The Morgan fingerprint density at radius 3 is 2.38 bits per heavy atom. The van der Waals surface area contributed by atoms with Crippen LogP contribution in [0.25, 0.3) is 0 Å². The summed E-state index contributed by atoms with van der Waals surface area (Å²) in [5.74, 6) is 0.435. The minimum Gasteiger partial charge on any atom is -0.368 e. The highest BCUT2D eigenvalue weighted by atomic mass is 32.2. The summed E-state index contributed by atoms with van der Waals surface area (Å²) in [4.78, 5) is 17.7. The molecule has 1 aliphatic heterocycles. The molecule has 126 valence electrons. The van der Waals surface area contributed by atoms with Crippen molar-refractivity contribution in [2.45, 2.75) is 11.8 Å². The minimum atomic E-state index is -0.221. The molecule has 1 amide bonds. The first-order chi connectivity index (χ1) is 11.6. The van der Waals surface area contributed by atoms with E-state index in [-0.39, 0.29) is 11.7 Å². The Balaban J connectivity index is 1.50. The van der Waals surface area contributed by atoms with Crippen molar-refractivity contribution >= 4 is 23.4 Å². The monoisotopic (exact) mass is 344 g/mol. The standard InChI is InChI=1S/C19H21FN2OS/c1-15-4-2-3-5-18(15)24-14-19(23)22-12-10-21(11-13-22)17-8-6-16(20)7-9-17/h2-9H,10-14H2,1H3. The third-order valence-electron chi connectivity index (χ3n) is 4.27. The molecule has 0 aliphatic carbocycles. The zero-order valence-electron chi connectivity index (χ0n) is 13.7. The van der Waals surface area contributed by atoms with E-state index in [2.05, 4.69) is 24.0 Å². The van der Waals surface area contributed by atoms with E-state index >= 15 is 0 Å². The van der Waals surface area contributed by atoms with Crippen molar-refractivity contribution in [1.82, 2.24) is 4.90 Å². The van der Waals surface area contributed by atoms with Gasteiger partial charge in [-0.3, -0.25) is 4.79 Å². The third kappa shape index (κ3) is 4.09. The number of halogens is 1. The first-order valence-corrected chi connectivity index (χ1v) is 9.09. The van der Waals surface area contributed by atoms with Crippen molar-refractivity contribution in [3.05, 3.63) is 59.9 Å². The van der Waals surface area contributed by atoms with E-state index in [1.165, 1.54) is 17.7 Å². The molecule has 2 aromatic carbocycles. The highest BCUT2D eigenvalue weighted by Gasteiger charge is 2.21. The molecule has 0 bridgehead atoms. The quantitative estimate of drug-likeness (QED) is 0.792. The summed E-state index contributed by atoms with van der Waals surface area (Å²) >= 11 is 1.60. The van der Waals surface area contributed by atoms with Gasteiger partial charge < -0.3 is 9.80 Å². The van der Waals surface area contributed by atoms with Crippen molar-refractivity contribution in [3.63, 3.8) is 0 Å². The largest absolute Gasteiger partial charge is 0.368 e. The molecule has 0 saturated carbocycles. The van der Waals surface area contributed by atoms with Crippen molar-refractivity contribution in [1.29, 1.82) is 0 Å². The number of carbonyl (C=O) groups excluding carboxylic acids is 1. The molecule has 3 nitrogen and oxygen atoms in total. The second-order valence-electron chi connectivity index (χ2n) is 5.90. The normalized spacial score (nSPS) is 14.8. The summed E-state index contributed by atoms with van der Waals surface area (Å²) in [6.07, 6.45) is 0. The van der Waals surface area contributed by atoms with Gasteiger partial charge in [0.1, 0.15) is 5.82 Å². The fourth-order valence-corrected chi connectivity index (χ4v) is 3.75. The topological polar surface area (TPSA) is 23.6 Å². The predicted molar refractivity (Wildman–Crippen MR) is 97.1 cm³/mol. The molecular formula is C19H21FN2OS. The van der Waals surface area contributed by atoms with E-state index < -0.39 is 0 Å². The van der Waals surface area contributed by atoms with Gasteiger partial charge in [-0.05, 0) is 42.8 Å². The Kier molecular flexibility index (Phi) is 5.41. The van der Waals surface area contributed by atoms with Gasteiger partial charge in [0.15, 0.2) is 0 Å². The van der Waals surface area contributed by atoms with Gasteiger partial charge in [-0.1, -0.05) is 18.2 Å². The number of carbonyl (C=O) groups is 1. The van der Waals surface area contributed by atoms with Crippen LogP contribution in [0.15, 0.2) is 53.4 Å². The molecule has 0 N–H and O–H groups in total. The smallest absolute Gasteiger partial charge is 0.233 e. The van der Waals surface area contributed by atoms with Crippen molar-refractivity contribution < 1.29 is 9.18 Å². The van der Waals surface area contributed by atoms with E-state index in [1.54, 1.807) is 23.9 Å². The Bertz CT molecular complexity index is 697. The minimum absolute atomic E-state index is 0.182. The van der Waals surface area contributed by atoms with E-state index in [4.69, 9.17) is 0 Å². The lowest BCUT2D eigenvalue weighted by atomic mass is 10.2. The average molecular weight is 344 g/mol. The molecule has 0 radical (unpaired) electrons. The molecule has 3 rings (SSSR count). The zero-order valence-corrected chi connectivity index (χ0v) is 14.6. The lowest BCUT2D eigenvalue weighted by Gasteiger charge is -2.36. The first-order valence-electron chi connectivity index (χ1n) is 8.10. The molecule has 0 aromatic heterocycles. The summed E-state index contributed by atoms with van der Waals surface area (Å²) in [6, 6.07) is 14.7. The second kappa shape index (κ2) is 7.71. The van der Waals surface area contributed by atoms with Crippen LogP contribution >= 0.6 is 11.8 Å². The van der Waals surface area contributed by atoms with E-state index in [0.717, 1.165) is 23.7 Å². The summed E-state index contributed by atoms with van der Waals surface area (Å²) in [5, 5.41) is 0. The zero-order chi connectivity index (χ0) is 16.9. The van der Waals surface area contributed by atoms with Gasteiger partial charge in [-0.25, -0.2) is 4.39 Å². The fourth-order valence-electron chi connectivity index (χ4n) is 2.82. The Morgan fingerprint density at radius 1 is 1.04 bits per heavy atom. The summed E-state index contributed by atoms with van der Waals surface area (Å²) in [6.45, 7) is 5.06. The molecule has 2 aromatic rings. The van der Waals surface area contributed by atoms with Crippen LogP contribution in [0.3, 0.4) is 0 Å². The fraction of sp³-hybridized carbons (Fsp3) is 0.316. The molecule has 0 spiro atoms. The van der Waals surface area contributed by atoms with Crippen molar-refractivity contribution in [2.24, 2.45) is 0 Å². The summed E-state index contributed by atoms with van der Waals surface area (Å²) in [5.41, 5.74) is 2.22. The number of hydrogen-bond donors (Lipinski definition) is 0. The summed E-state index contributed by atoms with van der Waals surface area (Å²) in [7, 11) is 0. The second-order valence-corrected chi connectivity index (χ2v) is 6.92. The number of rotatable bonds is 4. The lowest BCUT2D eigenvalue weighted by Crippen LogP contribution is -2.49. The molecular weight excluding hydrogens is 323 g/mol. The van der Waals surface area contributed by atoms with Crippen LogP contribution in [0.5, 0.6) is 0 Å². The number of nitrogens with zero attached hydrogens (tertiary/aromatic N) is 2. The molecule has 24 heavy (non-hydrogen) atoms. The number of hydrogen-bond acceptors (Lipinski definition) is 3. The van der Waals surface area contributed by atoms with Gasteiger partial charge in [-0.15, -0.1) is 11.8 Å². The lowest BCUT2D eigenvalue weighted by molar-refractivity contribution is -0.128. The van der Waals surface area contributed by atoms with E-state index in [9.17, 15) is 9.18 Å². The molecule has 1 fully saturated rings. The highest BCUT2D eigenvalue weighted by Crippen LogP contribution is 2.23. The van der Waals surface area contributed by atoms with Gasteiger partial charge in [0, 0.05) is 36.8 Å². The van der Waals surface area contributed by atoms with Gasteiger partial charge in [-0.2, -0.15) is 0 Å². The van der Waals surface area contributed by atoms with Gasteiger partial charge in [0.25, 0.3) is 0 Å². The summed E-state index contributed by atoms with van der Waals surface area (Å²) < 4.78 is 13.0. The Hall–Kier alpha value is -2.01. The number of benzene rings is 2. The molecule has 1 heterocycles. The number of amides is 1. The maximum atomic E-state index is 13.0. The maximum Gasteiger partial charge on any atom is 0.233 e. The van der Waals surface area contributed by atoms with Crippen LogP contribution in [0.2, 0.25) is 0 Å². The van der Waals surface area contributed by atoms with Crippen molar-refractivity contribution in [2.75, 3.05) is 36.8 Å². The van der Waals surface area contributed by atoms with Gasteiger partial charge in [0.05, 0.1) is 5.75 Å². The van der Waals surface area contributed by atoms with Crippen LogP contribution in [-0.2, 0) is 4.79 Å². The van der Waals surface area contributed by atoms with Gasteiger partial charge >= 0.3 is 0 Å². The number of piperazine rings is 1. The van der Waals surface area contributed by atoms with Crippen LogP contribution in [0, 0.1) is 12.7 Å². The maximum absolute atomic E-state index is 13.0. The Morgan fingerprint density at radius 2 is 1.71 bits per heavy atom. The van der Waals surface area contributed by atoms with E-state index in [1.807, 2.05) is 17.0 Å². The molecule has 1 saturated heterocycles. The van der Waals surface area contributed by atoms with Crippen LogP contribution in [0.4, 0.5) is 10.1 Å². The highest BCUT2D eigenvalue weighted by molar-refractivity contribution is 8.00. The number of aryl methyl sites for hydroxylation is 1. The van der Waals surface area contributed by atoms with Crippen LogP contribution in [0.1, 0.15) is 5.56 Å². The van der Waals surface area contributed by atoms with Crippen LogP contribution < -0.4 is 4.90 Å². The SMILES string of the molecule is Cc1ccccc1SCC(=O)N1CCN(c2ccc(F)cc2)CC1. The number of thioether (sulfide) groups is 1. The predicted octanol–water partition coefficient (Wildman–Crippen LogP) is 3.58. The molecule has 0 atom stereocenters. The molecule has 1 aliphatic rings. The average Bonchev–Trinajstić information content (AvgIpc) is 2.62. The number of anilines is 1. The van der Waals surface area contributed by atoms with Crippen molar-refractivity contribution in [3.8, 4) is 0 Å². The third-order valence-corrected chi connectivity index (χ3v) is 5.43. The molecule has 5 heteroatoms. The van der Waals surface area contributed by atoms with Crippen LogP contribution in [-0.4, -0.2) is 42.7 Å².